The Kier molecular flexibility index (Phi) is 29.4. The normalized spacial score (nSPS) is 18.2. The summed E-state index contributed by atoms with van der Waals surface area (Å²) >= 11 is -0.201. The Morgan fingerprint density at radius 3 is 1.15 bits per heavy atom. The summed E-state index contributed by atoms with van der Waals surface area (Å²) in [7, 11) is -0.224. The van der Waals surface area contributed by atoms with E-state index in [2.05, 4.69) is 147 Å². The Balaban J connectivity index is 0.000000281. The van der Waals surface area contributed by atoms with E-state index in [4.69, 9.17) is 14.4 Å². The molecule has 2 aliphatic carbocycles. The van der Waals surface area contributed by atoms with Crippen LogP contribution in [0.5, 0.6) is 5.75 Å². The van der Waals surface area contributed by atoms with Crippen molar-refractivity contribution < 1.29 is 37.7 Å². The van der Waals surface area contributed by atoms with Gasteiger partial charge in [-0.3, -0.25) is 0 Å². The molecule has 0 atom stereocenters. The molecule has 2 aliphatic heterocycles. The van der Waals surface area contributed by atoms with Crippen LogP contribution in [0.15, 0.2) is 67.3 Å². The van der Waals surface area contributed by atoms with Gasteiger partial charge >= 0.3 is 104 Å². The molecule has 2 saturated carbocycles. The van der Waals surface area contributed by atoms with Crippen LogP contribution in [0.25, 0.3) is 0 Å². The number of halogens is 5. The third-order valence-corrected chi connectivity index (χ3v) is 15.0. The van der Waals surface area contributed by atoms with Gasteiger partial charge in [0.15, 0.2) is 0 Å². The van der Waals surface area contributed by atoms with E-state index >= 15 is 0 Å². The summed E-state index contributed by atoms with van der Waals surface area (Å²) in [5.74, 6) is 0.931. The van der Waals surface area contributed by atoms with E-state index in [1.54, 1.807) is 0 Å². The van der Waals surface area contributed by atoms with Gasteiger partial charge in [-0.05, 0) is 114 Å². The van der Waals surface area contributed by atoms with Gasteiger partial charge in [0.2, 0.25) is 0 Å². The van der Waals surface area contributed by atoms with Crippen LogP contribution in [0.4, 0.5) is 28.6 Å². The van der Waals surface area contributed by atoms with Crippen LogP contribution in [0.2, 0.25) is 0 Å². The zero-order valence-corrected chi connectivity index (χ0v) is 47.4. The molecule has 0 aromatic heterocycles. The summed E-state index contributed by atoms with van der Waals surface area (Å²) in [4.78, 5) is 9.65. The fourth-order valence-corrected chi connectivity index (χ4v) is 11.7. The minimum absolute atomic E-state index is 0. The SMILES string of the molecule is C.Cc1cc(C)c(N2C=CN(C3CCCCCCCCCCC3)[CH-]2)c(C)c1.Cc1cc(C)c(N2C=CN(C3CCCCCCCCCCC3)[CH-]2)c(C)c1.Cc1ccc(OC(C)C)c([CH]=[Ru][Cl])c1.F[B-](F)(F)F. The molecular weight excluding hydrogens is 1020 g/mol. The first-order valence-electron chi connectivity index (χ1n) is 27.0. The van der Waals surface area contributed by atoms with Gasteiger partial charge in [-0.25, -0.2) is 0 Å². The minimum Gasteiger partial charge on any atom is -0.418 e. The van der Waals surface area contributed by atoms with E-state index in [9.17, 15) is 17.3 Å². The van der Waals surface area contributed by atoms with E-state index in [0.29, 0.717) is 12.1 Å². The second-order valence-electron chi connectivity index (χ2n) is 20.7. The zero-order chi connectivity index (χ0) is 51.8. The van der Waals surface area contributed by atoms with E-state index in [-0.39, 0.29) is 29.2 Å². The monoisotopic (exact) mass is 1110 g/mol. The average Bonchev–Trinajstić information content (AvgIpc) is 3.96. The molecular formula is C60H92BClF4N4ORu-3. The third kappa shape index (κ3) is 23.5. The second kappa shape index (κ2) is 33.6. The van der Waals surface area contributed by atoms with Crippen LogP contribution in [0.1, 0.15) is 207 Å². The Bertz CT molecular complexity index is 1930. The first-order chi connectivity index (χ1) is 33.9. The van der Waals surface area contributed by atoms with Crippen molar-refractivity contribution in [3.8, 4) is 5.75 Å². The molecule has 2 fully saturated rings. The summed E-state index contributed by atoms with van der Waals surface area (Å²) in [5.41, 5.74) is 13.2. The number of hydrogen-bond acceptors (Lipinski definition) is 5. The second-order valence-corrected chi connectivity index (χ2v) is 22.5. The molecule has 3 aromatic carbocycles. The molecule has 72 heavy (non-hydrogen) atoms. The maximum absolute atomic E-state index is 9.75. The first kappa shape index (κ1) is 63.0. The number of anilines is 2. The fourth-order valence-electron chi connectivity index (χ4n) is 10.6. The maximum atomic E-state index is 9.75. The van der Waals surface area contributed by atoms with Crippen LogP contribution >= 0.6 is 9.69 Å². The van der Waals surface area contributed by atoms with E-state index in [1.165, 1.54) is 192 Å². The van der Waals surface area contributed by atoms with Crippen molar-refractivity contribution in [3.63, 3.8) is 0 Å². The van der Waals surface area contributed by atoms with Crippen molar-refractivity contribution in [2.75, 3.05) is 9.80 Å². The van der Waals surface area contributed by atoms with Crippen LogP contribution in [-0.2, 0) is 15.7 Å². The van der Waals surface area contributed by atoms with Crippen LogP contribution in [0, 0.1) is 61.8 Å². The van der Waals surface area contributed by atoms with Crippen molar-refractivity contribution in [3.05, 3.63) is 125 Å². The quantitative estimate of drug-likeness (QED) is 0.133. The Labute approximate surface area is 447 Å². The van der Waals surface area contributed by atoms with E-state index in [0.717, 1.165) is 11.3 Å². The number of aryl methyl sites for hydroxylation is 7. The standard InChI is InChI=1S/2C24H37N2.C11H14O.CH4.BF4.ClH.Ru/c2*1-20-17-21(2)24(22(3)18-20)26-16-15-25(19-26)23-13-11-9-7-5-4-6-8-10-12-14-23;1-8(2)12-11-6-5-9(3)7-10(11)4;;2-1(3,4)5;;/h2*15-19,23H,4-14H2,1-3H3;4-8H,1-3H3;1H4;;1H;/q2*-1;;;-1;;+1/p-1. The Morgan fingerprint density at radius 1 is 0.528 bits per heavy atom. The molecule has 4 aliphatic rings. The molecule has 7 rings (SSSR count). The van der Waals surface area contributed by atoms with Crippen LogP contribution in [0.3, 0.4) is 0 Å². The molecule has 0 bridgehead atoms. The molecule has 0 N–H and O–H groups in total. The molecule has 0 radical (unpaired) electrons. The number of ether oxygens (including phenoxy) is 1. The molecule has 5 nitrogen and oxygen atoms in total. The largest absolute Gasteiger partial charge is 0.673 e. The summed E-state index contributed by atoms with van der Waals surface area (Å²) in [5, 5.41) is 0. The minimum atomic E-state index is -6.00. The summed E-state index contributed by atoms with van der Waals surface area (Å²) in [6.07, 6.45) is 40.2. The number of rotatable bonds is 7. The molecule has 12 heteroatoms. The Morgan fingerprint density at radius 2 is 0.847 bits per heavy atom. The summed E-state index contributed by atoms with van der Waals surface area (Å²) in [6.45, 7) is 24.1. The molecule has 0 spiro atoms. The van der Waals surface area contributed by atoms with Gasteiger partial charge in [0, 0.05) is 23.5 Å². The van der Waals surface area contributed by atoms with Crippen molar-refractivity contribution in [2.24, 2.45) is 0 Å². The van der Waals surface area contributed by atoms with Crippen LogP contribution in [-0.4, -0.2) is 39.9 Å². The van der Waals surface area contributed by atoms with E-state index in [1.807, 2.05) is 19.9 Å². The fraction of sp³-hybridized carbons (Fsp3) is 0.583. The molecule has 0 saturated heterocycles. The summed E-state index contributed by atoms with van der Waals surface area (Å²) < 4.78 is 46.7. The van der Waals surface area contributed by atoms with Crippen molar-refractivity contribution in [1.82, 2.24) is 9.80 Å². The summed E-state index contributed by atoms with van der Waals surface area (Å²) in [6, 6.07) is 16.7. The van der Waals surface area contributed by atoms with E-state index < -0.39 is 7.25 Å². The van der Waals surface area contributed by atoms with Gasteiger partial charge in [-0.1, -0.05) is 158 Å². The average molecular weight is 1110 g/mol. The van der Waals surface area contributed by atoms with Gasteiger partial charge in [-0.2, -0.15) is 13.3 Å². The van der Waals surface area contributed by atoms with Gasteiger partial charge in [0.05, 0.1) is 0 Å². The first-order valence-corrected chi connectivity index (χ1v) is 30.2. The number of benzene rings is 3. The van der Waals surface area contributed by atoms with Crippen molar-refractivity contribution >= 4 is 32.9 Å². The van der Waals surface area contributed by atoms with Crippen LogP contribution < -0.4 is 14.5 Å². The maximum Gasteiger partial charge on any atom is 0.673 e. The Hall–Kier alpha value is -3.29. The van der Waals surface area contributed by atoms with Gasteiger partial charge in [0.1, 0.15) is 0 Å². The molecule has 0 amide bonds. The third-order valence-electron chi connectivity index (χ3n) is 13.8. The number of nitrogens with zero attached hydrogens (tertiary/aromatic N) is 4. The van der Waals surface area contributed by atoms with Gasteiger partial charge in [-0.15, -0.1) is 0 Å². The number of hydrogen-bond donors (Lipinski definition) is 0. The predicted molar refractivity (Wildman–Crippen MR) is 301 cm³/mol. The topological polar surface area (TPSA) is 22.2 Å². The van der Waals surface area contributed by atoms with Gasteiger partial charge in [0.25, 0.3) is 0 Å². The van der Waals surface area contributed by atoms with Gasteiger partial charge < -0.3 is 36.9 Å². The molecule has 0 unspecified atom stereocenters. The van der Waals surface area contributed by atoms with Crippen molar-refractivity contribution in [1.29, 1.82) is 0 Å². The predicted octanol–water partition coefficient (Wildman–Crippen LogP) is 19.1. The van der Waals surface area contributed by atoms with Crippen molar-refractivity contribution in [2.45, 2.75) is 229 Å². The molecule has 407 valence electrons. The molecule has 3 aromatic rings. The molecule has 2 heterocycles. The zero-order valence-electron chi connectivity index (χ0n) is 44.9. The smallest absolute Gasteiger partial charge is 0.418 e.